The third kappa shape index (κ3) is 3.80. The van der Waals surface area contributed by atoms with Crippen LogP contribution in [0.15, 0.2) is 29.6 Å². The summed E-state index contributed by atoms with van der Waals surface area (Å²) in [5.41, 5.74) is 6.36. The molecular weight excluding hydrogens is 365 g/mol. The Hall–Kier alpha value is -2.05. The zero-order valence-electron chi connectivity index (χ0n) is 13.3. The Bertz CT molecular complexity index is 791. The summed E-state index contributed by atoms with van der Waals surface area (Å²) in [7, 11) is 0. The van der Waals surface area contributed by atoms with E-state index in [0.29, 0.717) is 10.0 Å². The van der Waals surface area contributed by atoms with Gasteiger partial charge in [0.1, 0.15) is 11.4 Å². The molecule has 0 bridgehead atoms. The number of hydrogen-bond donors (Lipinski definition) is 3. The zero-order chi connectivity index (χ0) is 18.1. The first-order valence-electron chi connectivity index (χ1n) is 7.93. The van der Waals surface area contributed by atoms with Crippen LogP contribution >= 0.6 is 23.2 Å². The van der Waals surface area contributed by atoms with E-state index in [0.717, 1.165) is 24.8 Å². The molecule has 1 fully saturated rings. The minimum absolute atomic E-state index is 0.0683. The van der Waals surface area contributed by atoms with Crippen molar-refractivity contribution < 1.29 is 14.4 Å². The molecule has 1 heterocycles. The van der Waals surface area contributed by atoms with Crippen LogP contribution in [0.25, 0.3) is 0 Å². The first-order valence-corrected chi connectivity index (χ1v) is 8.69. The van der Waals surface area contributed by atoms with Crippen molar-refractivity contribution in [3.8, 4) is 0 Å². The summed E-state index contributed by atoms with van der Waals surface area (Å²) < 4.78 is 0. The van der Waals surface area contributed by atoms with Gasteiger partial charge in [-0.05, 0) is 42.9 Å². The minimum atomic E-state index is -0.533. The molecule has 2 amide bonds. The van der Waals surface area contributed by atoms with Crippen molar-refractivity contribution in [3.63, 3.8) is 0 Å². The fourth-order valence-electron chi connectivity index (χ4n) is 3.25. The molecule has 1 aromatic carbocycles. The van der Waals surface area contributed by atoms with Gasteiger partial charge in [-0.1, -0.05) is 29.3 Å². The fraction of sp³-hybridized carbons (Fsp3) is 0.353. The van der Waals surface area contributed by atoms with Crippen molar-refractivity contribution in [1.29, 1.82) is 0 Å². The van der Waals surface area contributed by atoms with Gasteiger partial charge < -0.3 is 16.4 Å². The number of nitrogens with one attached hydrogen (secondary N) is 2. The first kappa shape index (κ1) is 17.8. The number of halogens is 2. The van der Waals surface area contributed by atoms with Gasteiger partial charge in [0.25, 0.3) is 5.91 Å². The lowest BCUT2D eigenvalue weighted by Gasteiger charge is -2.19. The van der Waals surface area contributed by atoms with E-state index in [1.54, 1.807) is 6.07 Å². The molecule has 1 aliphatic heterocycles. The number of allylic oxidation sites excluding steroid dienone is 1. The van der Waals surface area contributed by atoms with Crippen LogP contribution in [0.1, 0.15) is 37.2 Å². The van der Waals surface area contributed by atoms with Gasteiger partial charge in [0.05, 0.1) is 16.5 Å². The number of ketones is 1. The second-order valence-electron chi connectivity index (χ2n) is 6.29. The van der Waals surface area contributed by atoms with Crippen LogP contribution in [0, 0.1) is 0 Å². The number of carbonyl (C=O) groups is 3. The molecular formula is C17H17Cl2N3O3. The Balaban J connectivity index is 1.66. The summed E-state index contributed by atoms with van der Waals surface area (Å²) in [6.45, 7) is 0. The molecule has 0 saturated heterocycles. The Morgan fingerprint density at radius 3 is 2.68 bits per heavy atom. The Morgan fingerprint density at radius 1 is 1.20 bits per heavy atom. The van der Waals surface area contributed by atoms with E-state index in [9.17, 15) is 14.4 Å². The Morgan fingerprint density at radius 2 is 1.96 bits per heavy atom. The van der Waals surface area contributed by atoms with E-state index in [4.69, 9.17) is 28.9 Å². The molecule has 1 aromatic rings. The van der Waals surface area contributed by atoms with Gasteiger partial charge in [-0.25, -0.2) is 0 Å². The third-order valence-corrected chi connectivity index (χ3v) is 5.30. The number of amides is 2. The topological polar surface area (TPSA) is 101 Å². The van der Waals surface area contributed by atoms with Gasteiger partial charge in [0, 0.05) is 6.04 Å². The maximum atomic E-state index is 12.3. The highest BCUT2D eigenvalue weighted by molar-refractivity contribution is 6.42. The average molecular weight is 382 g/mol. The smallest absolute Gasteiger partial charge is 0.270 e. The number of Topliss-reactive ketones (excluding diaryl/α,β-unsaturated/α-hetero) is 1. The van der Waals surface area contributed by atoms with Crippen LogP contribution in [0.2, 0.25) is 10.0 Å². The highest BCUT2D eigenvalue weighted by Crippen LogP contribution is 2.37. The minimum Gasteiger partial charge on any atom is -0.394 e. The highest BCUT2D eigenvalue weighted by atomic mass is 35.5. The summed E-state index contributed by atoms with van der Waals surface area (Å²) in [5, 5.41) is 6.24. The molecule has 4 N–H and O–H groups in total. The van der Waals surface area contributed by atoms with Gasteiger partial charge in [0.15, 0.2) is 5.78 Å². The van der Waals surface area contributed by atoms with Gasteiger partial charge in [-0.3, -0.25) is 14.4 Å². The number of benzene rings is 1. The molecule has 0 aromatic heterocycles. The van der Waals surface area contributed by atoms with E-state index in [1.807, 2.05) is 12.1 Å². The lowest BCUT2D eigenvalue weighted by molar-refractivity contribution is -0.129. The maximum absolute atomic E-state index is 12.3. The van der Waals surface area contributed by atoms with E-state index < -0.39 is 17.6 Å². The second-order valence-corrected chi connectivity index (χ2v) is 7.11. The Labute approximate surface area is 154 Å². The number of carbonyl (C=O) groups excluding carboxylic acids is 3. The van der Waals surface area contributed by atoms with Crippen molar-refractivity contribution in [3.05, 3.63) is 45.2 Å². The molecule has 2 aliphatic rings. The summed E-state index contributed by atoms with van der Waals surface area (Å²) in [6.07, 6.45) is 2.08. The highest BCUT2D eigenvalue weighted by Gasteiger charge is 2.31. The van der Waals surface area contributed by atoms with Gasteiger partial charge in [-0.15, -0.1) is 0 Å². The van der Waals surface area contributed by atoms with Crippen LogP contribution in [0.3, 0.4) is 0 Å². The molecule has 2 atom stereocenters. The molecule has 25 heavy (non-hydrogen) atoms. The Kier molecular flexibility index (Phi) is 5.01. The van der Waals surface area contributed by atoms with Gasteiger partial charge in [0.2, 0.25) is 5.91 Å². The van der Waals surface area contributed by atoms with Crippen molar-refractivity contribution in [2.24, 2.45) is 5.73 Å². The van der Waals surface area contributed by atoms with Crippen molar-refractivity contribution in [2.45, 2.75) is 37.6 Å². The van der Waals surface area contributed by atoms with Crippen molar-refractivity contribution in [2.75, 3.05) is 0 Å². The second kappa shape index (κ2) is 7.06. The van der Waals surface area contributed by atoms with E-state index in [2.05, 4.69) is 10.6 Å². The molecule has 0 radical (unpaired) electrons. The van der Waals surface area contributed by atoms with Crippen LogP contribution in [0.4, 0.5) is 0 Å². The predicted octanol–water partition coefficient (Wildman–Crippen LogP) is 2.00. The monoisotopic (exact) mass is 381 g/mol. The SMILES string of the molecule is NC1=C(C(=O)N[C@H]2CC[C@H](c3ccc(Cl)c(Cl)c3)C2)NC(=O)CC1=O. The standard InChI is InChI=1S/C17H17Cl2N3O3/c18-11-4-2-9(6-12(11)19)8-1-3-10(5-8)21-17(25)16-15(20)13(23)7-14(24)22-16/h2,4,6,8,10H,1,3,5,7,20H2,(H,21,25)(H,22,24)/t8-,10-/m0/s1. The molecule has 6 nitrogen and oxygen atoms in total. The molecule has 1 saturated carbocycles. The molecule has 3 rings (SSSR count). The quantitative estimate of drug-likeness (QED) is 0.696. The number of hydrogen-bond acceptors (Lipinski definition) is 4. The van der Waals surface area contributed by atoms with Crippen LogP contribution < -0.4 is 16.4 Å². The zero-order valence-corrected chi connectivity index (χ0v) is 14.8. The maximum Gasteiger partial charge on any atom is 0.270 e. The normalized spacial score (nSPS) is 23.6. The van der Waals surface area contributed by atoms with Crippen LogP contribution in [0.5, 0.6) is 0 Å². The molecule has 8 heteroatoms. The van der Waals surface area contributed by atoms with E-state index in [-0.39, 0.29) is 29.8 Å². The van der Waals surface area contributed by atoms with E-state index in [1.165, 1.54) is 0 Å². The van der Waals surface area contributed by atoms with E-state index >= 15 is 0 Å². The molecule has 0 unspecified atom stereocenters. The number of nitrogens with two attached hydrogens (primary N) is 1. The largest absolute Gasteiger partial charge is 0.394 e. The molecule has 0 spiro atoms. The number of rotatable bonds is 3. The van der Waals surface area contributed by atoms with Crippen LogP contribution in [-0.2, 0) is 14.4 Å². The van der Waals surface area contributed by atoms with Crippen molar-refractivity contribution in [1.82, 2.24) is 10.6 Å². The van der Waals surface area contributed by atoms with Gasteiger partial charge in [-0.2, -0.15) is 0 Å². The summed E-state index contributed by atoms with van der Waals surface area (Å²) >= 11 is 12.0. The summed E-state index contributed by atoms with van der Waals surface area (Å²) in [5.74, 6) is -1.33. The molecule has 1 aliphatic carbocycles. The molecule has 132 valence electrons. The summed E-state index contributed by atoms with van der Waals surface area (Å²) in [6, 6.07) is 5.48. The van der Waals surface area contributed by atoms with Crippen LogP contribution in [-0.4, -0.2) is 23.6 Å². The summed E-state index contributed by atoms with van der Waals surface area (Å²) in [4.78, 5) is 35.4. The average Bonchev–Trinajstić information content (AvgIpc) is 3.01. The van der Waals surface area contributed by atoms with Gasteiger partial charge >= 0.3 is 0 Å². The first-order chi connectivity index (χ1) is 11.8. The fourth-order valence-corrected chi connectivity index (χ4v) is 3.56. The lowest BCUT2D eigenvalue weighted by atomic mass is 9.97. The lowest BCUT2D eigenvalue weighted by Crippen LogP contribution is -2.45. The predicted molar refractivity (Wildman–Crippen MR) is 94.0 cm³/mol. The third-order valence-electron chi connectivity index (χ3n) is 4.57. The van der Waals surface area contributed by atoms with Crippen molar-refractivity contribution >= 4 is 40.8 Å².